The van der Waals surface area contributed by atoms with Crippen LogP contribution in [0.15, 0.2) is 42.5 Å². The minimum absolute atomic E-state index is 0.0675. The number of hydrogen-bond donors (Lipinski definition) is 1. The van der Waals surface area contributed by atoms with Crippen molar-refractivity contribution in [3.63, 3.8) is 0 Å². The van der Waals surface area contributed by atoms with Crippen LogP contribution in [0, 0.1) is 0 Å². The van der Waals surface area contributed by atoms with Crippen LogP contribution >= 0.6 is 0 Å². The summed E-state index contributed by atoms with van der Waals surface area (Å²) in [6, 6.07) is 13.4. The molecule has 0 spiro atoms. The van der Waals surface area contributed by atoms with Gasteiger partial charge in [0, 0.05) is 6.07 Å². The highest BCUT2D eigenvalue weighted by molar-refractivity contribution is 5.82. The van der Waals surface area contributed by atoms with E-state index >= 15 is 0 Å². The van der Waals surface area contributed by atoms with Gasteiger partial charge in [-0.25, -0.2) is 0 Å². The molecule has 0 heterocycles. The largest absolute Gasteiger partial charge is 0.497 e. The molecule has 0 saturated heterocycles. The van der Waals surface area contributed by atoms with Crippen LogP contribution in [0.2, 0.25) is 0 Å². The Bertz CT molecular complexity index is 702. The highest BCUT2D eigenvalue weighted by Crippen LogP contribution is 2.28. The van der Waals surface area contributed by atoms with Crippen LogP contribution in [0.5, 0.6) is 17.2 Å². The van der Waals surface area contributed by atoms with Gasteiger partial charge in [-0.2, -0.15) is 0 Å². The van der Waals surface area contributed by atoms with E-state index in [9.17, 15) is 5.11 Å². The first-order valence-corrected chi connectivity index (χ1v) is 8.85. The second-order valence-electron chi connectivity index (χ2n) is 6.63. The molecule has 140 valence electrons. The van der Waals surface area contributed by atoms with Crippen molar-refractivity contribution in [2.75, 3.05) is 13.7 Å². The fraction of sp³-hybridized carbons (Fsp3) is 0.364. The third-order valence-corrected chi connectivity index (χ3v) is 3.62. The second kappa shape index (κ2) is 9.30. The molecule has 0 aromatic heterocycles. The Morgan fingerprint density at radius 1 is 0.885 bits per heavy atom. The fourth-order valence-electron chi connectivity index (χ4n) is 2.58. The summed E-state index contributed by atoms with van der Waals surface area (Å²) in [4.78, 5) is 0. The lowest BCUT2D eigenvalue weighted by Gasteiger charge is -2.15. The number of ether oxygens (including phenoxy) is 3. The summed E-state index contributed by atoms with van der Waals surface area (Å²) in [6.45, 7) is 7.88. The van der Waals surface area contributed by atoms with E-state index in [2.05, 4.69) is 0 Å². The predicted octanol–water partition coefficient (Wildman–Crippen LogP) is 4.80. The highest BCUT2D eigenvalue weighted by atomic mass is 16.5. The molecule has 4 heteroatoms. The van der Waals surface area contributed by atoms with Crippen molar-refractivity contribution >= 4 is 11.6 Å². The molecule has 0 saturated carbocycles. The first-order valence-electron chi connectivity index (χ1n) is 8.85. The number of aliphatic hydroxyl groups excluding tert-OH is 1. The van der Waals surface area contributed by atoms with E-state index in [1.165, 1.54) is 0 Å². The number of rotatable bonds is 8. The maximum Gasteiger partial charge on any atom is 0.123 e. The van der Waals surface area contributed by atoms with Gasteiger partial charge in [0.1, 0.15) is 17.2 Å². The van der Waals surface area contributed by atoms with Crippen LogP contribution in [0.4, 0.5) is 0 Å². The lowest BCUT2D eigenvalue weighted by atomic mass is 10.0. The summed E-state index contributed by atoms with van der Waals surface area (Å²) in [7, 11) is 1.63. The van der Waals surface area contributed by atoms with Crippen molar-refractivity contribution in [3.8, 4) is 17.2 Å². The van der Waals surface area contributed by atoms with Crippen LogP contribution in [-0.2, 0) is 0 Å². The Hall–Kier alpha value is -2.46. The molecule has 0 aliphatic rings. The number of hydrogen-bond acceptors (Lipinski definition) is 4. The molecule has 1 N–H and O–H groups in total. The van der Waals surface area contributed by atoms with E-state index in [-0.39, 0.29) is 18.8 Å². The maximum absolute atomic E-state index is 9.83. The van der Waals surface area contributed by atoms with E-state index in [1.807, 2.05) is 76.2 Å². The summed E-state index contributed by atoms with van der Waals surface area (Å²) in [5.41, 5.74) is 2.67. The van der Waals surface area contributed by atoms with Gasteiger partial charge in [0.25, 0.3) is 0 Å². The molecule has 4 nitrogen and oxygen atoms in total. The van der Waals surface area contributed by atoms with Gasteiger partial charge in [0.15, 0.2) is 0 Å². The van der Waals surface area contributed by atoms with Gasteiger partial charge in [-0.3, -0.25) is 0 Å². The zero-order chi connectivity index (χ0) is 19.1. The monoisotopic (exact) mass is 356 g/mol. The molecule has 0 amide bonds. The van der Waals surface area contributed by atoms with E-state index < -0.39 is 0 Å². The van der Waals surface area contributed by atoms with Crippen LogP contribution in [0.25, 0.3) is 11.6 Å². The Kier molecular flexibility index (Phi) is 7.10. The maximum atomic E-state index is 9.83. The average Bonchev–Trinajstić information content (AvgIpc) is 2.58. The third kappa shape index (κ3) is 5.81. The molecule has 0 aliphatic heterocycles. The van der Waals surface area contributed by atoms with Gasteiger partial charge in [-0.15, -0.1) is 0 Å². The van der Waals surface area contributed by atoms with Crippen LogP contribution < -0.4 is 14.2 Å². The summed E-state index contributed by atoms with van der Waals surface area (Å²) in [5, 5.41) is 9.83. The average molecular weight is 356 g/mol. The Balaban J connectivity index is 2.40. The standard InChI is InChI=1S/C22H28O4/c1-15(2)25-21-11-17(12-22(13-21)26-16(3)4)10-19(14-23)18-6-8-20(24-5)9-7-18/h6-13,15-16,23H,14H2,1-5H3/b19-10+. The van der Waals surface area contributed by atoms with E-state index in [0.717, 1.165) is 33.9 Å². The van der Waals surface area contributed by atoms with Crippen molar-refractivity contribution in [3.05, 3.63) is 53.6 Å². The summed E-state index contributed by atoms with van der Waals surface area (Å²) in [6.07, 6.45) is 2.09. The Labute approximate surface area is 156 Å². The highest BCUT2D eigenvalue weighted by Gasteiger charge is 2.08. The normalized spacial score (nSPS) is 11.8. The van der Waals surface area contributed by atoms with Gasteiger partial charge in [-0.1, -0.05) is 12.1 Å². The molecule has 0 aliphatic carbocycles. The zero-order valence-electron chi connectivity index (χ0n) is 16.2. The van der Waals surface area contributed by atoms with Crippen molar-refractivity contribution in [1.29, 1.82) is 0 Å². The molecule has 0 radical (unpaired) electrons. The molecule has 0 fully saturated rings. The fourth-order valence-corrected chi connectivity index (χ4v) is 2.58. The minimum atomic E-state index is -0.0675. The smallest absolute Gasteiger partial charge is 0.123 e. The molecule has 2 aromatic carbocycles. The van der Waals surface area contributed by atoms with Crippen molar-refractivity contribution in [1.82, 2.24) is 0 Å². The lowest BCUT2D eigenvalue weighted by molar-refractivity contribution is 0.229. The van der Waals surface area contributed by atoms with Crippen molar-refractivity contribution in [2.45, 2.75) is 39.9 Å². The second-order valence-corrected chi connectivity index (χ2v) is 6.63. The van der Waals surface area contributed by atoms with Crippen LogP contribution in [0.1, 0.15) is 38.8 Å². The molecule has 0 atom stereocenters. The van der Waals surface area contributed by atoms with Crippen LogP contribution in [-0.4, -0.2) is 31.0 Å². The molecule has 0 bridgehead atoms. The van der Waals surface area contributed by atoms with Crippen molar-refractivity contribution < 1.29 is 19.3 Å². The van der Waals surface area contributed by atoms with E-state index in [1.54, 1.807) is 7.11 Å². The van der Waals surface area contributed by atoms with E-state index in [4.69, 9.17) is 14.2 Å². The number of aliphatic hydroxyl groups is 1. The quantitative estimate of drug-likeness (QED) is 0.690. The number of benzene rings is 2. The summed E-state index contributed by atoms with van der Waals surface area (Å²) in [5.74, 6) is 2.28. The van der Waals surface area contributed by atoms with Crippen molar-refractivity contribution in [2.24, 2.45) is 0 Å². The molecule has 2 rings (SSSR count). The SMILES string of the molecule is COc1ccc(/C(=C/c2cc(OC(C)C)cc(OC(C)C)c2)CO)cc1. The van der Waals surface area contributed by atoms with Gasteiger partial charge in [-0.05, 0) is 74.7 Å². The van der Waals surface area contributed by atoms with Gasteiger partial charge in [0.05, 0.1) is 25.9 Å². The summed E-state index contributed by atoms with van der Waals surface area (Å²) >= 11 is 0. The first kappa shape index (κ1) is 19.9. The van der Waals surface area contributed by atoms with E-state index in [0.29, 0.717) is 0 Å². The Morgan fingerprint density at radius 3 is 1.85 bits per heavy atom. The molecule has 0 unspecified atom stereocenters. The topological polar surface area (TPSA) is 47.9 Å². The van der Waals surface area contributed by atoms with Gasteiger partial charge in [0.2, 0.25) is 0 Å². The minimum Gasteiger partial charge on any atom is -0.497 e. The predicted molar refractivity (Wildman–Crippen MR) is 106 cm³/mol. The lowest BCUT2D eigenvalue weighted by Crippen LogP contribution is -2.08. The van der Waals surface area contributed by atoms with Gasteiger partial charge < -0.3 is 19.3 Å². The third-order valence-electron chi connectivity index (χ3n) is 3.62. The molecule has 2 aromatic rings. The Morgan fingerprint density at radius 2 is 1.42 bits per heavy atom. The molecular formula is C22H28O4. The number of methoxy groups -OCH3 is 1. The van der Waals surface area contributed by atoms with Gasteiger partial charge >= 0.3 is 0 Å². The zero-order valence-corrected chi connectivity index (χ0v) is 16.2. The molecular weight excluding hydrogens is 328 g/mol. The summed E-state index contributed by atoms with van der Waals surface area (Å²) < 4.78 is 16.9. The molecule has 26 heavy (non-hydrogen) atoms. The first-order chi connectivity index (χ1) is 12.4. The van der Waals surface area contributed by atoms with Crippen LogP contribution in [0.3, 0.4) is 0 Å².